The van der Waals surface area contributed by atoms with Crippen molar-refractivity contribution in [3.63, 3.8) is 0 Å². The van der Waals surface area contributed by atoms with Gasteiger partial charge in [0.05, 0.1) is 11.1 Å². The number of nitrogens with zero attached hydrogens (tertiary/aromatic N) is 5. The SMILES string of the molecule is CC.C[C@@H]1CN(c2ncnc3c2c(N2CCC2)cn3-c2cccc(F)c2)[C@@H](C)CN1.[HH]. The number of anilines is 2. The van der Waals surface area contributed by atoms with Crippen LogP contribution in [-0.2, 0) is 0 Å². The topological polar surface area (TPSA) is 49.2 Å². The van der Waals surface area contributed by atoms with Crippen LogP contribution in [-0.4, -0.2) is 52.8 Å². The number of rotatable bonds is 3. The predicted octanol–water partition coefficient (Wildman–Crippen LogP) is 4.23. The van der Waals surface area contributed by atoms with Crippen molar-refractivity contribution < 1.29 is 5.82 Å². The van der Waals surface area contributed by atoms with Crippen molar-refractivity contribution in [2.45, 2.75) is 46.2 Å². The van der Waals surface area contributed by atoms with E-state index in [0.717, 1.165) is 54.4 Å². The molecule has 3 aromatic rings. The quantitative estimate of drug-likeness (QED) is 0.698. The zero-order valence-corrected chi connectivity index (χ0v) is 18.3. The molecule has 2 aliphatic heterocycles. The van der Waals surface area contributed by atoms with Gasteiger partial charge in [-0.25, -0.2) is 14.4 Å². The van der Waals surface area contributed by atoms with Crippen LogP contribution >= 0.6 is 0 Å². The van der Waals surface area contributed by atoms with E-state index in [1.807, 2.05) is 24.5 Å². The van der Waals surface area contributed by atoms with Crippen molar-refractivity contribution >= 4 is 22.5 Å². The number of hydrogen-bond donors (Lipinski definition) is 1. The Bertz CT molecular complexity index is 1020. The first-order chi connectivity index (χ1) is 14.6. The third kappa shape index (κ3) is 3.62. The lowest BCUT2D eigenvalue weighted by atomic mass is 10.1. The number of fused-ring (bicyclic) bond motifs is 1. The number of benzene rings is 1. The molecular formula is C23H33FN6. The molecule has 0 radical (unpaired) electrons. The predicted molar refractivity (Wildman–Crippen MR) is 123 cm³/mol. The number of aromatic nitrogens is 3. The molecule has 0 unspecified atom stereocenters. The fourth-order valence-electron chi connectivity index (χ4n) is 4.18. The Labute approximate surface area is 179 Å². The summed E-state index contributed by atoms with van der Waals surface area (Å²) < 4.78 is 15.9. The van der Waals surface area contributed by atoms with Crippen LogP contribution in [0.3, 0.4) is 0 Å². The fourth-order valence-corrected chi connectivity index (χ4v) is 4.18. The summed E-state index contributed by atoms with van der Waals surface area (Å²) >= 11 is 0. The third-order valence-electron chi connectivity index (χ3n) is 5.86. The second-order valence-electron chi connectivity index (χ2n) is 7.91. The molecular weight excluding hydrogens is 379 g/mol. The maximum atomic E-state index is 13.9. The van der Waals surface area contributed by atoms with Crippen LogP contribution in [0.4, 0.5) is 15.9 Å². The van der Waals surface area contributed by atoms with E-state index >= 15 is 0 Å². The molecule has 0 bridgehead atoms. The average molecular weight is 413 g/mol. The van der Waals surface area contributed by atoms with Gasteiger partial charge in [0, 0.05) is 51.6 Å². The summed E-state index contributed by atoms with van der Waals surface area (Å²) in [4.78, 5) is 14.1. The lowest BCUT2D eigenvalue weighted by Crippen LogP contribution is -2.54. The second kappa shape index (κ2) is 8.60. The van der Waals surface area contributed by atoms with Crippen LogP contribution in [0.5, 0.6) is 0 Å². The molecule has 162 valence electrons. The minimum atomic E-state index is -0.247. The Morgan fingerprint density at radius 3 is 2.67 bits per heavy atom. The fraction of sp³-hybridized carbons (Fsp3) is 0.478. The summed E-state index contributed by atoms with van der Waals surface area (Å²) in [6.45, 7) is 12.3. The van der Waals surface area contributed by atoms with Gasteiger partial charge in [0.1, 0.15) is 18.0 Å². The highest BCUT2D eigenvalue weighted by Gasteiger charge is 2.29. The van der Waals surface area contributed by atoms with Gasteiger partial charge in [0.25, 0.3) is 0 Å². The molecule has 2 saturated heterocycles. The van der Waals surface area contributed by atoms with Crippen molar-refractivity contribution in [3.8, 4) is 5.69 Å². The van der Waals surface area contributed by atoms with Gasteiger partial charge < -0.3 is 15.1 Å². The molecule has 6 nitrogen and oxygen atoms in total. The van der Waals surface area contributed by atoms with Crippen molar-refractivity contribution in [2.75, 3.05) is 36.0 Å². The van der Waals surface area contributed by atoms with Gasteiger partial charge in [-0.05, 0) is 38.5 Å². The average Bonchev–Trinajstić information content (AvgIpc) is 3.10. The molecule has 4 heterocycles. The van der Waals surface area contributed by atoms with Gasteiger partial charge in [-0.15, -0.1) is 0 Å². The van der Waals surface area contributed by atoms with Gasteiger partial charge in [0.2, 0.25) is 0 Å². The first-order valence-electron chi connectivity index (χ1n) is 11.0. The van der Waals surface area contributed by atoms with Gasteiger partial charge in [-0.3, -0.25) is 4.57 Å². The summed E-state index contributed by atoms with van der Waals surface area (Å²) in [7, 11) is 0. The van der Waals surface area contributed by atoms with E-state index in [0.29, 0.717) is 12.1 Å². The van der Waals surface area contributed by atoms with Crippen molar-refractivity contribution in [1.82, 2.24) is 19.9 Å². The van der Waals surface area contributed by atoms with E-state index in [2.05, 4.69) is 40.1 Å². The zero-order chi connectivity index (χ0) is 21.3. The monoisotopic (exact) mass is 412 g/mol. The Kier molecular flexibility index (Phi) is 5.90. The minimum absolute atomic E-state index is 0. The van der Waals surface area contributed by atoms with Gasteiger partial charge in [-0.2, -0.15) is 0 Å². The van der Waals surface area contributed by atoms with Gasteiger partial charge >= 0.3 is 0 Å². The smallest absolute Gasteiger partial charge is 0.152 e. The Morgan fingerprint density at radius 2 is 1.97 bits per heavy atom. The molecule has 0 saturated carbocycles. The summed E-state index contributed by atoms with van der Waals surface area (Å²) in [5.74, 6) is 0.728. The Balaban J connectivity index is 0.000000883. The molecule has 5 rings (SSSR count). The highest BCUT2D eigenvalue weighted by Crippen LogP contribution is 2.38. The number of halogens is 1. The molecule has 0 aliphatic carbocycles. The van der Waals surface area contributed by atoms with E-state index < -0.39 is 0 Å². The summed E-state index contributed by atoms with van der Waals surface area (Å²) in [5.41, 5.74) is 2.75. The number of hydrogen-bond acceptors (Lipinski definition) is 5. The molecule has 0 spiro atoms. The third-order valence-corrected chi connectivity index (χ3v) is 5.86. The first-order valence-corrected chi connectivity index (χ1v) is 11.0. The summed E-state index contributed by atoms with van der Waals surface area (Å²) in [6.07, 6.45) is 4.91. The maximum Gasteiger partial charge on any atom is 0.152 e. The zero-order valence-electron chi connectivity index (χ0n) is 18.3. The first kappa shape index (κ1) is 20.6. The highest BCUT2D eigenvalue weighted by atomic mass is 19.1. The van der Waals surface area contributed by atoms with Crippen LogP contribution in [0.15, 0.2) is 36.8 Å². The molecule has 30 heavy (non-hydrogen) atoms. The molecule has 7 heteroatoms. The Hall–Kier alpha value is -2.67. The van der Waals surface area contributed by atoms with E-state index in [9.17, 15) is 4.39 Å². The number of nitrogens with one attached hydrogen (secondary N) is 1. The van der Waals surface area contributed by atoms with Crippen LogP contribution in [0.1, 0.15) is 35.5 Å². The number of piperazine rings is 1. The van der Waals surface area contributed by atoms with Crippen LogP contribution in [0, 0.1) is 5.82 Å². The largest absolute Gasteiger partial charge is 0.369 e. The van der Waals surface area contributed by atoms with E-state index in [1.165, 1.54) is 12.5 Å². The molecule has 2 atom stereocenters. The standard InChI is InChI=1S/C21H25FN6.C2H6.H2/c1-14-11-27(15(2)10-23-14)20-19-18(26-7-4-8-26)12-28(21(19)25-13-24-20)17-6-3-5-16(22)9-17;1-2;/h3,5-6,9,12-15,23H,4,7-8,10-11H2,1-2H3;1-2H3;1H/t14-,15+;;/m1../s1. The molecule has 2 aromatic heterocycles. The van der Waals surface area contributed by atoms with E-state index in [4.69, 9.17) is 4.98 Å². The molecule has 0 amide bonds. The van der Waals surface area contributed by atoms with Gasteiger partial charge in [0.15, 0.2) is 5.65 Å². The molecule has 1 aromatic carbocycles. The Morgan fingerprint density at radius 1 is 1.17 bits per heavy atom. The molecule has 2 fully saturated rings. The summed E-state index contributed by atoms with van der Waals surface area (Å²) in [6, 6.07) is 7.42. The lowest BCUT2D eigenvalue weighted by Gasteiger charge is -2.39. The van der Waals surface area contributed by atoms with Crippen LogP contribution in [0.25, 0.3) is 16.7 Å². The minimum Gasteiger partial charge on any atom is -0.369 e. The maximum absolute atomic E-state index is 13.9. The van der Waals surface area contributed by atoms with Crippen LogP contribution < -0.4 is 15.1 Å². The van der Waals surface area contributed by atoms with Crippen molar-refractivity contribution in [3.05, 3.63) is 42.6 Å². The highest BCUT2D eigenvalue weighted by molar-refractivity contribution is 6.01. The van der Waals surface area contributed by atoms with Gasteiger partial charge in [-0.1, -0.05) is 19.9 Å². The lowest BCUT2D eigenvalue weighted by molar-refractivity contribution is 0.423. The van der Waals surface area contributed by atoms with E-state index in [1.54, 1.807) is 18.5 Å². The second-order valence-corrected chi connectivity index (χ2v) is 7.91. The van der Waals surface area contributed by atoms with E-state index in [-0.39, 0.29) is 7.24 Å². The van der Waals surface area contributed by atoms with Crippen LogP contribution in [0.2, 0.25) is 0 Å². The normalized spacial score (nSPS) is 21.2. The van der Waals surface area contributed by atoms with Crippen molar-refractivity contribution in [2.24, 2.45) is 0 Å². The summed E-state index contributed by atoms with van der Waals surface area (Å²) in [5, 5.41) is 4.60. The molecule has 1 N–H and O–H groups in total. The molecule has 2 aliphatic rings. The van der Waals surface area contributed by atoms with Crippen molar-refractivity contribution in [1.29, 1.82) is 0 Å².